The molecule has 0 aromatic heterocycles. The van der Waals surface area contributed by atoms with E-state index in [4.69, 9.17) is 9.47 Å². The van der Waals surface area contributed by atoms with Crippen LogP contribution in [0.5, 0.6) is 0 Å². The molecule has 0 aromatic carbocycles. The molecule has 0 saturated carbocycles. The third-order valence-corrected chi connectivity index (χ3v) is 4.36. The number of hydrogen-bond donors (Lipinski definition) is 1. The first-order valence-electron chi connectivity index (χ1n) is 4.97. The molecule has 5 heteroatoms. The second kappa shape index (κ2) is 8.89. The van der Waals surface area contributed by atoms with Crippen LogP contribution in [0.4, 0.5) is 0 Å². The van der Waals surface area contributed by atoms with Gasteiger partial charge in [0.1, 0.15) is 0 Å². The first-order chi connectivity index (χ1) is 6.20. The third-order valence-electron chi connectivity index (χ3n) is 2.26. The van der Waals surface area contributed by atoms with E-state index in [-0.39, 0.29) is 0 Å². The molecule has 0 saturated heterocycles. The Balaban J connectivity index is 3.08. The Morgan fingerprint density at radius 3 is 1.69 bits per heavy atom. The highest BCUT2D eigenvalue weighted by Crippen LogP contribution is 1.91. The van der Waals surface area contributed by atoms with Crippen LogP contribution in [0.2, 0.25) is 0 Å². The molecule has 0 aliphatic rings. The van der Waals surface area contributed by atoms with Crippen molar-refractivity contribution in [3.05, 3.63) is 0 Å². The SMILES string of the molecule is COC([SiH3])CCNCCC([SiH3])OC. The lowest BCUT2D eigenvalue weighted by Crippen LogP contribution is -2.25. The van der Waals surface area contributed by atoms with Crippen LogP contribution in [0.3, 0.4) is 0 Å². The van der Waals surface area contributed by atoms with Crippen molar-refractivity contribution in [2.24, 2.45) is 0 Å². The van der Waals surface area contributed by atoms with Crippen LogP contribution in [0.25, 0.3) is 0 Å². The van der Waals surface area contributed by atoms with E-state index in [9.17, 15) is 0 Å². The fraction of sp³-hybridized carbons (Fsp3) is 1.00. The van der Waals surface area contributed by atoms with Gasteiger partial charge in [0, 0.05) is 46.2 Å². The average molecular weight is 221 g/mol. The Bertz CT molecular complexity index is 104. The fourth-order valence-electron chi connectivity index (χ4n) is 0.971. The molecule has 2 unspecified atom stereocenters. The van der Waals surface area contributed by atoms with E-state index in [0.29, 0.717) is 11.5 Å². The Labute approximate surface area is 87.4 Å². The summed E-state index contributed by atoms with van der Waals surface area (Å²) in [6, 6.07) is 0. The zero-order valence-corrected chi connectivity index (χ0v) is 13.3. The Hall–Kier alpha value is 0.314. The maximum atomic E-state index is 5.20. The molecule has 0 amide bonds. The molecule has 1 N–H and O–H groups in total. The lowest BCUT2D eigenvalue weighted by atomic mass is 10.4. The predicted octanol–water partition coefficient (Wildman–Crippen LogP) is -1.97. The first-order valence-corrected chi connectivity index (χ1v) is 7.28. The normalized spacial score (nSPS) is 16.2. The molecule has 0 spiro atoms. The van der Waals surface area contributed by atoms with E-state index >= 15 is 0 Å². The van der Waals surface area contributed by atoms with Crippen molar-refractivity contribution in [3.8, 4) is 0 Å². The molecular weight excluding hydrogens is 198 g/mol. The summed E-state index contributed by atoms with van der Waals surface area (Å²) in [5, 5.41) is 3.40. The van der Waals surface area contributed by atoms with Gasteiger partial charge in [0.15, 0.2) is 0 Å². The van der Waals surface area contributed by atoms with E-state index < -0.39 is 0 Å². The minimum atomic E-state index is 0.502. The van der Waals surface area contributed by atoms with Crippen molar-refractivity contribution in [2.75, 3.05) is 27.3 Å². The highest BCUT2D eigenvalue weighted by molar-refractivity contribution is 6.11. The molecule has 0 heterocycles. The molecule has 3 nitrogen and oxygen atoms in total. The highest BCUT2D eigenvalue weighted by Gasteiger charge is 2.00. The largest absolute Gasteiger partial charge is 0.386 e. The molecular formula is C8H23NO2Si2. The van der Waals surface area contributed by atoms with Gasteiger partial charge in [-0.1, -0.05) is 0 Å². The zero-order valence-electron chi connectivity index (χ0n) is 9.30. The minimum Gasteiger partial charge on any atom is -0.386 e. The summed E-state index contributed by atoms with van der Waals surface area (Å²) in [5.74, 6) is 0. The maximum absolute atomic E-state index is 5.20. The number of hydrogen-bond acceptors (Lipinski definition) is 3. The number of methoxy groups -OCH3 is 2. The van der Waals surface area contributed by atoms with E-state index in [1.54, 1.807) is 14.2 Å². The quantitative estimate of drug-likeness (QED) is 0.381. The molecule has 0 aliphatic carbocycles. The standard InChI is InChI=1S/C8H23NO2Si2/c1-10-7(12)3-5-9-6-4-8(13)11-2/h7-9H,3-6H2,1-2,12-13H3. The van der Waals surface area contributed by atoms with E-state index in [0.717, 1.165) is 46.4 Å². The maximum Gasteiger partial charge on any atom is 0.0393 e. The second-order valence-corrected chi connectivity index (χ2v) is 6.00. The monoisotopic (exact) mass is 221 g/mol. The summed E-state index contributed by atoms with van der Waals surface area (Å²) in [4.78, 5) is 0. The molecule has 0 rings (SSSR count). The average Bonchev–Trinajstić information content (AvgIpc) is 2.16. The van der Waals surface area contributed by atoms with Crippen molar-refractivity contribution < 1.29 is 9.47 Å². The van der Waals surface area contributed by atoms with Gasteiger partial charge in [0.2, 0.25) is 0 Å². The zero-order chi connectivity index (χ0) is 10.1. The van der Waals surface area contributed by atoms with Crippen molar-refractivity contribution in [1.29, 1.82) is 0 Å². The van der Waals surface area contributed by atoms with Crippen molar-refractivity contribution >= 4 is 20.5 Å². The minimum absolute atomic E-state index is 0.502. The summed E-state index contributed by atoms with van der Waals surface area (Å²) in [6.45, 7) is 2.14. The lowest BCUT2D eigenvalue weighted by molar-refractivity contribution is 0.153. The number of nitrogens with one attached hydrogen (secondary N) is 1. The molecule has 0 radical (unpaired) electrons. The van der Waals surface area contributed by atoms with Crippen molar-refractivity contribution in [1.82, 2.24) is 5.32 Å². The molecule has 0 aliphatic heterocycles. The van der Waals surface area contributed by atoms with Gasteiger partial charge in [-0.15, -0.1) is 0 Å². The second-order valence-electron chi connectivity index (χ2n) is 3.42. The van der Waals surface area contributed by atoms with E-state index in [1.165, 1.54) is 0 Å². The van der Waals surface area contributed by atoms with Gasteiger partial charge in [-0.2, -0.15) is 0 Å². The molecule has 0 fully saturated rings. The van der Waals surface area contributed by atoms with Gasteiger partial charge < -0.3 is 14.8 Å². The van der Waals surface area contributed by atoms with E-state index in [1.807, 2.05) is 0 Å². The third kappa shape index (κ3) is 8.64. The van der Waals surface area contributed by atoms with E-state index in [2.05, 4.69) is 5.32 Å². The van der Waals surface area contributed by atoms with Crippen molar-refractivity contribution in [3.63, 3.8) is 0 Å². The summed E-state index contributed by atoms with van der Waals surface area (Å²) < 4.78 is 10.4. The summed E-state index contributed by atoms with van der Waals surface area (Å²) in [7, 11) is 5.83. The topological polar surface area (TPSA) is 30.5 Å². The predicted molar refractivity (Wildman–Crippen MR) is 63.6 cm³/mol. The molecule has 80 valence electrons. The van der Waals surface area contributed by atoms with Gasteiger partial charge in [-0.05, 0) is 25.9 Å². The van der Waals surface area contributed by atoms with Crippen LogP contribution in [-0.4, -0.2) is 59.2 Å². The lowest BCUT2D eigenvalue weighted by Gasteiger charge is -2.12. The molecule has 0 bridgehead atoms. The number of rotatable bonds is 8. The fourth-order valence-corrected chi connectivity index (χ4v) is 1.55. The van der Waals surface area contributed by atoms with Crippen molar-refractivity contribution in [2.45, 2.75) is 24.3 Å². The Morgan fingerprint density at radius 1 is 1.00 bits per heavy atom. The van der Waals surface area contributed by atoms with Gasteiger partial charge in [0.25, 0.3) is 0 Å². The smallest absolute Gasteiger partial charge is 0.0393 e. The van der Waals surface area contributed by atoms with Crippen LogP contribution in [0.15, 0.2) is 0 Å². The van der Waals surface area contributed by atoms with Gasteiger partial charge in [-0.3, -0.25) is 0 Å². The van der Waals surface area contributed by atoms with Crippen LogP contribution in [0, 0.1) is 0 Å². The summed E-state index contributed by atoms with van der Waals surface area (Å²) in [5.41, 5.74) is 1.00. The van der Waals surface area contributed by atoms with Crippen LogP contribution in [0.1, 0.15) is 12.8 Å². The molecule has 0 aromatic rings. The highest BCUT2D eigenvalue weighted by atomic mass is 28.1. The number of ether oxygens (including phenoxy) is 2. The van der Waals surface area contributed by atoms with Crippen LogP contribution < -0.4 is 5.32 Å². The molecule has 13 heavy (non-hydrogen) atoms. The summed E-state index contributed by atoms with van der Waals surface area (Å²) >= 11 is 0. The molecule has 2 atom stereocenters. The van der Waals surface area contributed by atoms with Gasteiger partial charge in [0.05, 0.1) is 0 Å². The Morgan fingerprint density at radius 2 is 1.38 bits per heavy atom. The van der Waals surface area contributed by atoms with Gasteiger partial charge in [-0.25, -0.2) is 0 Å². The summed E-state index contributed by atoms with van der Waals surface area (Å²) in [6.07, 6.45) is 2.28. The van der Waals surface area contributed by atoms with Gasteiger partial charge >= 0.3 is 0 Å². The van der Waals surface area contributed by atoms with Crippen LogP contribution in [-0.2, 0) is 9.47 Å². The van der Waals surface area contributed by atoms with Crippen LogP contribution >= 0.6 is 0 Å². The Kier molecular flexibility index (Phi) is 9.11. The first kappa shape index (κ1) is 13.3.